The molecule has 92 valence electrons. The second-order valence-corrected chi connectivity index (χ2v) is 5.73. The molecule has 0 spiro atoms. The van der Waals surface area contributed by atoms with Gasteiger partial charge in [0.1, 0.15) is 0 Å². The van der Waals surface area contributed by atoms with Crippen molar-refractivity contribution in [2.24, 2.45) is 0 Å². The number of carboxylic acid groups (broad SMARTS) is 1. The minimum absolute atomic E-state index is 0.227. The highest BCUT2D eigenvalue weighted by atomic mass is 79.9. The van der Waals surface area contributed by atoms with E-state index in [4.69, 9.17) is 16.7 Å². The topological polar surface area (TPSA) is 50.2 Å². The highest BCUT2D eigenvalue weighted by Crippen LogP contribution is 2.34. The number of nitrogens with zero attached hydrogens (tertiary/aromatic N) is 1. The molecule has 6 heteroatoms. The van der Waals surface area contributed by atoms with E-state index in [2.05, 4.69) is 20.9 Å². The molecule has 0 aliphatic rings. The Hall–Kier alpha value is -1.04. The maximum atomic E-state index is 11.0. The Bertz CT molecular complexity index is 606. The predicted molar refractivity (Wildman–Crippen MR) is 74.5 cm³/mol. The van der Waals surface area contributed by atoms with Crippen LogP contribution in [0.4, 0.5) is 0 Å². The highest BCUT2D eigenvalue weighted by Gasteiger charge is 2.10. The van der Waals surface area contributed by atoms with E-state index in [1.54, 1.807) is 30.6 Å². The van der Waals surface area contributed by atoms with Crippen molar-refractivity contribution < 1.29 is 9.90 Å². The highest BCUT2D eigenvalue weighted by molar-refractivity contribution is 9.10. The molecule has 0 bridgehead atoms. The zero-order chi connectivity index (χ0) is 13.1. The van der Waals surface area contributed by atoms with Crippen molar-refractivity contribution in [3.8, 4) is 0 Å². The van der Waals surface area contributed by atoms with Gasteiger partial charge in [0.15, 0.2) is 0 Å². The summed E-state index contributed by atoms with van der Waals surface area (Å²) in [7, 11) is 0. The van der Waals surface area contributed by atoms with Gasteiger partial charge in [-0.15, -0.1) is 0 Å². The van der Waals surface area contributed by atoms with Crippen molar-refractivity contribution in [3.63, 3.8) is 0 Å². The molecule has 0 saturated carbocycles. The Balaban J connectivity index is 2.33. The molecule has 1 N–H and O–H groups in total. The number of halogens is 2. The summed E-state index contributed by atoms with van der Waals surface area (Å²) < 4.78 is 0.556. The third-order valence-corrected chi connectivity index (χ3v) is 4.30. The Kier molecular flexibility index (Phi) is 4.27. The van der Waals surface area contributed by atoms with E-state index in [1.807, 2.05) is 6.07 Å². The lowest BCUT2D eigenvalue weighted by Gasteiger charge is -2.05. The van der Waals surface area contributed by atoms with E-state index in [1.165, 1.54) is 11.8 Å². The number of carboxylic acids is 1. The van der Waals surface area contributed by atoms with Crippen LogP contribution in [0.15, 0.2) is 50.9 Å². The van der Waals surface area contributed by atoms with Crippen LogP contribution >= 0.6 is 39.3 Å². The Morgan fingerprint density at radius 1 is 1.39 bits per heavy atom. The van der Waals surface area contributed by atoms with Crippen LogP contribution in [0.3, 0.4) is 0 Å². The van der Waals surface area contributed by atoms with Gasteiger partial charge in [-0.1, -0.05) is 23.4 Å². The summed E-state index contributed by atoms with van der Waals surface area (Å²) in [4.78, 5) is 16.6. The zero-order valence-corrected chi connectivity index (χ0v) is 12.1. The average Bonchev–Trinajstić information content (AvgIpc) is 2.34. The van der Waals surface area contributed by atoms with Crippen LogP contribution < -0.4 is 0 Å². The number of benzene rings is 1. The molecule has 18 heavy (non-hydrogen) atoms. The van der Waals surface area contributed by atoms with Crippen molar-refractivity contribution in [2.45, 2.75) is 9.79 Å². The summed E-state index contributed by atoms with van der Waals surface area (Å²) in [5, 5.41) is 9.58. The van der Waals surface area contributed by atoms with E-state index < -0.39 is 5.97 Å². The van der Waals surface area contributed by atoms with Crippen molar-refractivity contribution in [2.75, 3.05) is 0 Å². The Morgan fingerprint density at radius 2 is 2.17 bits per heavy atom. The lowest BCUT2D eigenvalue weighted by Crippen LogP contribution is -1.97. The van der Waals surface area contributed by atoms with E-state index in [0.29, 0.717) is 9.50 Å². The molecule has 0 radical (unpaired) electrons. The molecule has 1 aromatic carbocycles. The van der Waals surface area contributed by atoms with Gasteiger partial charge in [-0.25, -0.2) is 4.79 Å². The zero-order valence-electron chi connectivity index (χ0n) is 8.93. The molecule has 3 nitrogen and oxygen atoms in total. The van der Waals surface area contributed by atoms with Gasteiger partial charge in [0.25, 0.3) is 0 Å². The summed E-state index contributed by atoms with van der Waals surface area (Å²) in [6.07, 6.45) is 3.20. The largest absolute Gasteiger partial charge is 0.478 e. The van der Waals surface area contributed by atoms with Gasteiger partial charge in [0.05, 0.1) is 10.6 Å². The molecule has 2 rings (SSSR count). The summed E-state index contributed by atoms with van der Waals surface area (Å²) in [6, 6.07) is 6.93. The maximum Gasteiger partial charge on any atom is 0.336 e. The molecule has 1 heterocycles. The van der Waals surface area contributed by atoms with Crippen molar-refractivity contribution in [3.05, 3.63) is 51.7 Å². The van der Waals surface area contributed by atoms with Gasteiger partial charge >= 0.3 is 5.97 Å². The molecular formula is C12H7BrClNO2S. The average molecular weight is 345 g/mol. The molecule has 1 aromatic heterocycles. The van der Waals surface area contributed by atoms with Crippen LogP contribution in [-0.4, -0.2) is 16.1 Å². The summed E-state index contributed by atoms with van der Waals surface area (Å²) >= 11 is 10.6. The van der Waals surface area contributed by atoms with E-state index in [0.717, 1.165) is 9.79 Å². The number of hydrogen-bond acceptors (Lipinski definition) is 3. The van der Waals surface area contributed by atoms with Crippen LogP contribution in [0.5, 0.6) is 0 Å². The maximum absolute atomic E-state index is 11.0. The Labute approximate surface area is 121 Å². The summed E-state index contributed by atoms with van der Waals surface area (Å²) in [6.45, 7) is 0. The summed E-state index contributed by atoms with van der Waals surface area (Å²) in [5.74, 6) is -0.967. The van der Waals surface area contributed by atoms with Gasteiger partial charge in [-0.05, 0) is 40.2 Å². The molecule has 2 aromatic rings. The lowest BCUT2D eigenvalue weighted by atomic mass is 10.2. The molecule has 0 saturated heterocycles. The molecule has 0 fully saturated rings. The first kappa shape index (κ1) is 13.4. The fourth-order valence-electron chi connectivity index (χ4n) is 1.30. The molecule has 0 aliphatic heterocycles. The number of carbonyl (C=O) groups is 1. The normalized spacial score (nSPS) is 10.3. The minimum Gasteiger partial charge on any atom is -0.478 e. The molecule has 0 amide bonds. The first-order valence-electron chi connectivity index (χ1n) is 4.88. The Morgan fingerprint density at radius 3 is 2.83 bits per heavy atom. The first-order valence-corrected chi connectivity index (χ1v) is 6.87. The van der Waals surface area contributed by atoms with E-state index in [9.17, 15) is 4.79 Å². The fraction of sp³-hybridized carbons (Fsp3) is 0. The van der Waals surface area contributed by atoms with Crippen LogP contribution in [0, 0.1) is 0 Å². The fourth-order valence-corrected chi connectivity index (χ4v) is 2.80. The second kappa shape index (κ2) is 5.73. The van der Waals surface area contributed by atoms with Gasteiger partial charge in [0.2, 0.25) is 0 Å². The van der Waals surface area contributed by atoms with Crippen molar-refractivity contribution >= 4 is 45.3 Å². The van der Waals surface area contributed by atoms with Crippen molar-refractivity contribution in [1.29, 1.82) is 0 Å². The number of pyridine rings is 1. The lowest BCUT2D eigenvalue weighted by molar-refractivity contribution is 0.0695. The van der Waals surface area contributed by atoms with Gasteiger partial charge in [-0.3, -0.25) is 4.98 Å². The van der Waals surface area contributed by atoms with E-state index >= 15 is 0 Å². The number of aromatic carboxylic acids is 1. The second-order valence-electron chi connectivity index (χ2n) is 3.35. The third kappa shape index (κ3) is 3.04. The van der Waals surface area contributed by atoms with Crippen LogP contribution in [0.25, 0.3) is 0 Å². The molecule has 0 aliphatic carbocycles. The van der Waals surface area contributed by atoms with Crippen LogP contribution in [0.2, 0.25) is 5.02 Å². The van der Waals surface area contributed by atoms with Gasteiger partial charge in [0, 0.05) is 26.7 Å². The smallest absolute Gasteiger partial charge is 0.336 e. The predicted octanol–water partition coefficient (Wildman–Crippen LogP) is 4.35. The number of rotatable bonds is 3. The third-order valence-electron chi connectivity index (χ3n) is 2.13. The molecule has 0 atom stereocenters. The van der Waals surface area contributed by atoms with Crippen LogP contribution in [0.1, 0.15) is 10.4 Å². The first-order chi connectivity index (χ1) is 8.58. The summed E-state index contributed by atoms with van der Waals surface area (Å²) in [5.41, 5.74) is 0.227. The molecule has 0 unspecified atom stereocenters. The quantitative estimate of drug-likeness (QED) is 0.899. The van der Waals surface area contributed by atoms with E-state index in [-0.39, 0.29) is 5.56 Å². The molecular weight excluding hydrogens is 338 g/mol. The SMILES string of the molecule is O=C(O)c1cc(Sc2ccncc2Cl)ccc1Br. The van der Waals surface area contributed by atoms with Gasteiger partial charge in [-0.2, -0.15) is 0 Å². The number of hydrogen-bond donors (Lipinski definition) is 1. The number of aromatic nitrogens is 1. The van der Waals surface area contributed by atoms with Crippen LogP contribution in [-0.2, 0) is 0 Å². The van der Waals surface area contributed by atoms with Gasteiger partial charge < -0.3 is 5.11 Å². The van der Waals surface area contributed by atoms with Crippen molar-refractivity contribution in [1.82, 2.24) is 4.98 Å². The minimum atomic E-state index is -0.967. The monoisotopic (exact) mass is 343 g/mol. The standard InChI is InChI=1S/C12H7BrClNO2S/c13-9-2-1-7(5-8(9)12(16)17)18-11-3-4-15-6-10(11)14/h1-6H,(H,16,17).